The van der Waals surface area contributed by atoms with Crippen LogP contribution >= 0.6 is 0 Å². The molecule has 1 aromatic rings. The van der Waals surface area contributed by atoms with Crippen molar-refractivity contribution in [2.24, 2.45) is 0 Å². The van der Waals surface area contributed by atoms with Crippen LogP contribution in [0.5, 0.6) is 5.75 Å². The fraction of sp³-hybridized carbons (Fsp3) is 0.467. The normalized spacial score (nSPS) is 16.3. The third-order valence-electron chi connectivity index (χ3n) is 3.65. The van der Waals surface area contributed by atoms with E-state index in [4.69, 9.17) is 6.42 Å². The molecule has 1 saturated carbocycles. The van der Waals surface area contributed by atoms with Crippen LogP contribution in [0.25, 0.3) is 0 Å². The average molecular weight is 229 g/mol. The van der Waals surface area contributed by atoms with Crippen molar-refractivity contribution in [3.05, 3.63) is 23.8 Å². The van der Waals surface area contributed by atoms with Gasteiger partial charge in [0.05, 0.1) is 5.41 Å². The molecule has 0 radical (unpaired) electrons. The molecule has 1 fully saturated rings. The van der Waals surface area contributed by atoms with Crippen molar-refractivity contribution in [2.75, 3.05) is 18.0 Å². The maximum absolute atomic E-state index is 10.1. The smallest absolute Gasteiger partial charge is 0.122 e. The first-order valence-electron chi connectivity index (χ1n) is 6.23. The predicted molar refractivity (Wildman–Crippen MR) is 71.4 cm³/mol. The molecule has 0 unspecified atom stereocenters. The molecule has 2 heteroatoms. The van der Waals surface area contributed by atoms with Gasteiger partial charge in [0.2, 0.25) is 0 Å². The standard InChI is InChI=1S/C15H19NO/c1-4-15(9-10-15)13-8-7-12(11-14(13)17)16(5-2)6-3/h1,7-8,11,17H,5-6,9-10H2,2-3H3. The molecule has 1 N–H and O–H groups in total. The van der Waals surface area contributed by atoms with Crippen LogP contribution in [-0.2, 0) is 5.41 Å². The number of phenolic OH excluding ortho intramolecular Hbond substituents is 1. The number of benzene rings is 1. The van der Waals surface area contributed by atoms with Gasteiger partial charge in [-0.15, -0.1) is 6.42 Å². The van der Waals surface area contributed by atoms with Gasteiger partial charge >= 0.3 is 0 Å². The Kier molecular flexibility index (Phi) is 3.02. The van der Waals surface area contributed by atoms with Crippen molar-refractivity contribution in [1.82, 2.24) is 0 Å². The summed E-state index contributed by atoms with van der Waals surface area (Å²) in [5.74, 6) is 3.15. The van der Waals surface area contributed by atoms with Crippen LogP contribution in [0.3, 0.4) is 0 Å². The van der Waals surface area contributed by atoms with E-state index in [1.807, 2.05) is 12.1 Å². The maximum atomic E-state index is 10.1. The van der Waals surface area contributed by atoms with Gasteiger partial charge in [0.15, 0.2) is 0 Å². The average Bonchev–Trinajstić information content (AvgIpc) is 3.12. The van der Waals surface area contributed by atoms with Crippen molar-refractivity contribution in [3.8, 4) is 18.1 Å². The van der Waals surface area contributed by atoms with Crippen LogP contribution in [0.2, 0.25) is 0 Å². The number of hydrogen-bond donors (Lipinski definition) is 1. The second-order valence-electron chi connectivity index (χ2n) is 4.60. The van der Waals surface area contributed by atoms with E-state index in [9.17, 15) is 5.11 Å². The zero-order valence-electron chi connectivity index (χ0n) is 10.5. The Bertz CT molecular complexity index is 450. The van der Waals surface area contributed by atoms with Crippen LogP contribution in [0.1, 0.15) is 32.3 Å². The Balaban J connectivity index is 2.33. The summed E-state index contributed by atoms with van der Waals surface area (Å²) in [5, 5.41) is 10.1. The lowest BCUT2D eigenvalue weighted by atomic mass is 9.95. The lowest BCUT2D eigenvalue weighted by Gasteiger charge is -2.22. The Hall–Kier alpha value is -1.62. The van der Waals surface area contributed by atoms with E-state index in [2.05, 4.69) is 30.7 Å². The number of terminal acetylenes is 1. The molecule has 90 valence electrons. The topological polar surface area (TPSA) is 23.5 Å². The summed E-state index contributed by atoms with van der Waals surface area (Å²) in [5.41, 5.74) is 1.78. The van der Waals surface area contributed by atoms with Crippen molar-refractivity contribution in [3.63, 3.8) is 0 Å². The van der Waals surface area contributed by atoms with E-state index in [1.54, 1.807) is 0 Å². The van der Waals surface area contributed by atoms with E-state index in [-0.39, 0.29) is 5.41 Å². The highest BCUT2D eigenvalue weighted by Gasteiger charge is 2.44. The largest absolute Gasteiger partial charge is 0.508 e. The highest BCUT2D eigenvalue weighted by atomic mass is 16.3. The van der Waals surface area contributed by atoms with Gasteiger partial charge in [0.25, 0.3) is 0 Å². The summed E-state index contributed by atoms with van der Waals surface area (Å²) in [4.78, 5) is 2.21. The fourth-order valence-corrected chi connectivity index (χ4v) is 2.33. The minimum absolute atomic E-state index is 0.189. The highest BCUT2D eigenvalue weighted by Crippen LogP contribution is 2.51. The van der Waals surface area contributed by atoms with Crippen molar-refractivity contribution in [1.29, 1.82) is 0 Å². The molecule has 0 atom stereocenters. The molecule has 0 amide bonds. The molecule has 1 aromatic carbocycles. The summed E-state index contributed by atoms with van der Waals surface area (Å²) in [6.45, 7) is 6.10. The first-order chi connectivity index (χ1) is 8.16. The van der Waals surface area contributed by atoms with E-state index < -0.39 is 0 Å². The molecule has 1 aliphatic carbocycles. The monoisotopic (exact) mass is 229 g/mol. The molecule has 2 nitrogen and oxygen atoms in total. The fourth-order valence-electron chi connectivity index (χ4n) is 2.33. The van der Waals surface area contributed by atoms with E-state index in [0.29, 0.717) is 5.75 Å². The summed E-state index contributed by atoms with van der Waals surface area (Å²) in [7, 11) is 0. The Morgan fingerprint density at radius 3 is 2.41 bits per heavy atom. The molecule has 1 aliphatic rings. The summed E-state index contributed by atoms with van der Waals surface area (Å²) >= 11 is 0. The quantitative estimate of drug-likeness (QED) is 0.802. The van der Waals surface area contributed by atoms with E-state index in [1.165, 1.54) is 0 Å². The van der Waals surface area contributed by atoms with Gasteiger partial charge in [-0.3, -0.25) is 0 Å². The molecule has 0 bridgehead atoms. The van der Waals surface area contributed by atoms with Gasteiger partial charge < -0.3 is 10.0 Å². The highest BCUT2D eigenvalue weighted by molar-refractivity contribution is 5.58. The van der Waals surface area contributed by atoms with Crippen molar-refractivity contribution in [2.45, 2.75) is 32.1 Å². The SMILES string of the molecule is C#CC1(c2ccc(N(CC)CC)cc2O)CC1. The lowest BCUT2D eigenvalue weighted by molar-refractivity contribution is 0.465. The van der Waals surface area contributed by atoms with Crippen LogP contribution in [0, 0.1) is 12.3 Å². The summed E-state index contributed by atoms with van der Waals surface area (Å²) in [6, 6.07) is 5.87. The number of hydrogen-bond acceptors (Lipinski definition) is 2. The first-order valence-corrected chi connectivity index (χ1v) is 6.23. The first kappa shape index (κ1) is 11.9. The zero-order chi connectivity index (χ0) is 12.5. The molecule has 2 rings (SSSR count). The molecule has 0 heterocycles. The third kappa shape index (κ3) is 1.98. The Labute approximate surface area is 103 Å². The van der Waals surface area contributed by atoms with Gasteiger partial charge in [0.1, 0.15) is 5.75 Å². The number of rotatable bonds is 4. The molecule has 17 heavy (non-hydrogen) atoms. The van der Waals surface area contributed by atoms with Gasteiger partial charge in [-0.25, -0.2) is 0 Å². The van der Waals surface area contributed by atoms with E-state index in [0.717, 1.165) is 37.2 Å². The molecule has 0 spiro atoms. The number of nitrogens with zero attached hydrogens (tertiary/aromatic N) is 1. The molecular weight excluding hydrogens is 210 g/mol. The minimum atomic E-state index is -0.189. The van der Waals surface area contributed by atoms with Crippen LogP contribution < -0.4 is 4.90 Å². The van der Waals surface area contributed by atoms with E-state index >= 15 is 0 Å². The number of aromatic hydroxyl groups is 1. The molecule has 0 aromatic heterocycles. The van der Waals surface area contributed by atoms with Gasteiger partial charge in [-0.05, 0) is 32.8 Å². The molecule has 0 saturated heterocycles. The predicted octanol–water partition coefficient (Wildman–Crippen LogP) is 2.90. The molecular formula is C15H19NO. The lowest BCUT2D eigenvalue weighted by Crippen LogP contribution is -2.21. The second-order valence-corrected chi connectivity index (χ2v) is 4.60. The van der Waals surface area contributed by atoms with Crippen LogP contribution in [-0.4, -0.2) is 18.2 Å². The second kappa shape index (κ2) is 4.33. The Morgan fingerprint density at radius 2 is 2.00 bits per heavy atom. The summed E-state index contributed by atoms with van der Waals surface area (Å²) < 4.78 is 0. The zero-order valence-corrected chi connectivity index (χ0v) is 10.5. The van der Waals surface area contributed by atoms with Crippen molar-refractivity contribution < 1.29 is 5.11 Å². The maximum Gasteiger partial charge on any atom is 0.122 e. The third-order valence-corrected chi connectivity index (χ3v) is 3.65. The number of phenols is 1. The van der Waals surface area contributed by atoms with Crippen LogP contribution in [0.15, 0.2) is 18.2 Å². The minimum Gasteiger partial charge on any atom is -0.508 e. The van der Waals surface area contributed by atoms with Gasteiger partial charge in [-0.2, -0.15) is 0 Å². The summed E-state index contributed by atoms with van der Waals surface area (Å²) in [6.07, 6.45) is 7.52. The van der Waals surface area contributed by atoms with Crippen LogP contribution in [0.4, 0.5) is 5.69 Å². The Morgan fingerprint density at radius 1 is 1.35 bits per heavy atom. The van der Waals surface area contributed by atoms with Gasteiger partial charge in [-0.1, -0.05) is 12.0 Å². The van der Waals surface area contributed by atoms with Crippen molar-refractivity contribution >= 4 is 5.69 Å². The van der Waals surface area contributed by atoms with Gasteiger partial charge in [0, 0.05) is 30.4 Å². The molecule has 0 aliphatic heterocycles. The number of anilines is 1.